The predicted molar refractivity (Wildman–Crippen MR) is 50.0 cm³/mol. The van der Waals surface area contributed by atoms with Gasteiger partial charge in [-0.05, 0) is 12.8 Å². The van der Waals surface area contributed by atoms with Gasteiger partial charge < -0.3 is 15.7 Å². The molecular formula is C9H18N2O2. The Hall–Kier alpha value is -0.610. The molecule has 4 heteroatoms. The van der Waals surface area contributed by atoms with Gasteiger partial charge in [-0.2, -0.15) is 0 Å². The van der Waals surface area contributed by atoms with Crippen LogP contribution in [-0.4, -0.2) is 40.6 Å². The van der Waals surface area contributed by atoms with Gasteiger partial charge in [0.2, 0.25) is 5.91 Å². The molecule has 0 saturated carbocycles. The van der Waals surface area contributed by atoms with E-state index in [4.69, 9.17) is 5.73 Å². The Morgan fingerprint density at radius 1 is 1.46 bits per heavy atom. The van der Waals surface area contributed by atoms with Crippen molar-refractivity contribution in [3.8, 4) is 0 Å². The Labute approximate surface area is 78.7 Å². The van der Waals surface area contributed by atoms with Gasteiger partial charge >= 0.3 is 0 Å². The van der Waals surface area contributed by atoms with Gasteiger partial charge in [0.25, 0.3) is 0 Å². The zero-order valence-electron chi connectivity index (χ0n) is 8.45. The second-order valence-electron chi connectivity index (χ2n) is 4.24. The van der Waals surface area contributed by atoms with Crippen molar-refractivity contribution in [1.29, 1.82) is 0 Å². The van der Waals surface area contributed by atoms with Crippen molar-refractivity contribution in [3.63, 3.8) is 0 Å². The maximum absolute atomic E-state index is 11.3. The van der Waals surface area contributed by atoms with Crippen LogP contribution in [0, 0.1) is 5.92 Å². The highest BCUT2D eigenvalue weighted by Crippen LogP contribution is 2.28. The normalized spacial score (nSPS) is 22.8. The Morgan fingerprint density at radius 2 is 1.92 bits per heavy atom. The molecule has 0 radical (unpaired) electrons. The summed E-state index contributed by atoms with van der Waals surface area (Å²) in [7, 11) is 0. The molecule has 1 rings (SSSR count). The Morgan fingerprint density at radius 3 is 2.23 bits per heavy atom. The molecule has 0 spiro atoms. The summed E-state index contributed by atoms with van der Waals surface area (Å²) < 4.78 is 0. The van der Waals surface area contributed by atoms with Gasteiger partial charge in [0.1, 0.15) is 5.60 Å². The average molecular weight is 186 g/mol. The number of nitrogens with two attached hydrogens (primary N) is 1. The molecule has 0 aromatic rings. The van der Waals surface area contributed by atoms with Crippen LogP contribution in [0.1, 0.15) is 20.8 Å². The van der Waals surface area contributed by atoms with Crippen LogP contribution in [0.15, 0.2) is 0 Å². The molecule has 1 heterocycles. The van der Waals surface area contributed by atoms with Gasteiger partial charge in [-0.3, -0.25) is 4.79 Å². The first kappa shape index (κ1) is 10.5. The summed E-state index contributed by atoms with van der Waals surface area (Å²) in [5.74, 6) is 0.106. The number of β-amino-alcohol motifs (C(OH)–C–C–N with tert-alkyl or cyclic N) is 1. The molecule has 1 aliphatic heterocycles. The fraction of sp³-hybridized carbons (Fsp3) is 0.889. The number of rotatable bonds is 2. The third-order valence-corrected chi connectivity index (χ3v) is 2.71. The molecular weight excluding hydrogens is 168 g/mol. The Bertz CT molecular complexity index is 208. The summed E-state index contributed by atoms with van der Waals surface area (Å²) in [5, 5.41) is 9.85. The molecule has 1 atom stereocenters. The molecule has 1 fully saturated rings. The van der Waals surface area contributed by atoms with Gasteiger partial charge in [-0.15, -0.1) is 0 Å². The smallest absolute Gasteiger partial charge is 0.239 e. The molecule has 0 aromatic carbocycles. The van der Waals surface area contributed by atoms with Gasteiger partial charge in [0.05, 0.1) is 19.1 Å². The molecule has 4 nitrogen and oxygen atoms in total. The molecule has 0 aliphatic carbocycles. The Balaban J connectivity index is 2.45. The molecule has 0 unspecified atom stereocenters. The van der Waals surface area contributed by atoms with E-state index in [-0.39, 0.29) is 11.8 Å². The highest BCUT2D eigenvalue weighted by Gasteiger charge is 2.46. The number of nitrogens with zero attached hydrogens (tertiary/aromatic N) is 1. The monoisotopic (exact) mass is 186 g/mol. The summed E-state index contributed by atoms with van der Waals surface area (Å²) >= 11 is 0. The third-order valence-electron chi connectivity index (χ3n) is 2.71. The van der Waals surface area contributed by atoms with E-state index in [9.17, 15) is 9.90 Å². The summed E-state index contributed by atoms with van der Waals surface area (Å²) in [4.78, 5) is 12.9. The van der Waals surface area contributed by atoms with Crippen LogP contribution in [0.4, 0.5) is 0 Å². The standard InChI is InChI=1S/C9H18N2O2/c1-6(2)9(13)4-11(5-9)8(12)7(3)10/h6-7,13H,4-5,10H2,1-3H3/t7-/m1/s1. The number of amides is 1. The van der Waals surface area contributed by atoms with E-state index in [1.165, 1.54) is 0 Å². The van der Waals surface area contributed by atoms with E-state index < -0.39 is 11.6 Å². The van der Waals surface area contributed by atoms with Crippen molar-refractivity contribution >= 4 is 5.91 Å². The van der Waals surface area contributed by atoms with Gasteiger partial charge in [0, 0.05) is 0 Å². The number of carbonyl (C=O) groups is 1. The van der Waals surface area contributed by atoms with Crippen LogP contribution >= 0.6 is 0 Å². The van der Waals surface area contributed by atoms with Crippen molar-refractivity contribution in [2.24, 2.45) is 11.7 Å². The zero-order chi connectivity index (χ0) is 10.2. The number of hydrogen-bond acceptors (Lipinski definition) is 3. The summed E-state index contributed by atoms with van der Waals surface area (Å²) in [6.07, 6.45) is 0. The average Bonchev–Trinajstić information content (AvgIpc) is 1.96. The van der Waals surface area contributed by atoms with E-state index >= 15 is 0 Å². The number of carbonyl (C=O) groups excluding carboxylic acids is 1. The first-order chi connectivity index (χ1) is 5.87. The van der Waals surface area contributed by atoms with Crippen molar-refractivity contribution in [2.75, 3.05) is 13.1 Å². The minimum atomic E-state index is -0.690. The van der Waals surface area contributed by atoms with Crippen LogP contribution in [0.5, 0.6) is 0 Å². The molecule has 0 aromatic heterocycles. The highest BCUT2D eigenvalue weighted by atomic mass is 16.3. The fourth-order valence-corrected chi connectivity index (χ4v) is 1.42. The van der Waals surface area contributed by atoms with Gasteiger partial charge in [0.15, 0.2) is 0 Å². The number of hydrogen-bond donors (Lipinski definition) is 2. The van der Waals surface area contributed by atoms with Gasteiger partial charge in [-0.25, -0.2) is 0 Å². The second-order valence-corrected chi connectivity index (χ2v) is 4.24. The van der Waals surface area contributed by atoms with E-state index in [0.29, 0.717) is 13.1 Å². The third kappa shape index (κ3) is 1.84. The molecule has 1 amide bonds. The molecule has 76 valence electrons. The molecule has 13 heavy (non-hydrogen) atoms. The topological polar surface area (TPSA) is 66.6 Å². The molecule has 1 saturated heterocycles. The zero-order valence-corrected chi connectivity index (χ0v) is 8.45. The van der Waals surface area contributed by atoms with Crippen molar-refractivity contribution in [2.45, 2.75) is 32.4 Å². The first-order valence-corrected chi connectivity index (χ1v) is 4.63. The number of likely N-dealkylation sites (tertiary alicyclic amines) is 1. The first-order valence-electron chi connectivity index (χ1n) is 4.63. The molecule has 1 aliphatic rings. The van der Waals surface area contributed by atoms with Crippen LogP contribution in [-0.2, 0) is 4.79 Å². The highest BCUT2D eigenvalue weighted by molar-refractivity contribution is 5.82. The lowest BCUT2D eigenvalue weighted by atomic mass is 9.83. The van der Waals surface area contributed by atoms with E-state index in [1.54, 1.807) is 11.8 Å². The lowest BCUT2D eigenvalue weighted by Gasteiger charge is -2.49. The fourth-order valence-electron chi connectivity index (χ4n) is 1.42. The van der Waals surface area contributed by atoms with Gasteiger partial charge in [-0.1, -0.05) is 13.8 Å². The molecule has 0 bridgehead atoms. The minimum Gasteiger partial charge on any atom is -0.386 e. The maximum atomic E-state index is 11.3. The van der Waals surface area contributed by atoms with Crippen molar-refractivity contribution in [3.05, 3.63) is 0 Å². The summed E-state index contributed by atoms with van der Waals surface area (Å²) in [5.41, 5.74) is 4.75. The van der Waals surface area contributed by atoms with Crippen LogP contribution < -0.4 is 5.73 Å². The van der Waals surface area contributed by atoms with E-state index in [1.807, 2.05) is 13.8 Å². The summed E-state index contributed by atoms with van der Waals surface area (Å²) in [6.45, 7) is 6.41. The SMILES string of the molecule is CC(C)C1(O)CN(C(=O)[C@@H](C)N)C1. The quantitative estimate of drug-likeness (QED) is 0.614. The van der Waals surface area contributed by atoms with Crippen LogP contribution in [0.2, 0.25) is 0 Å². The molecule has 3 N–H and O–H groups in total. The predicted octanol–water partition coefficient (Wildman–Crippen LogP) is -0.437. The Kier molecular flexibility index (Phi) is 2.63. The van der Waals surface area contributed by atoms with Crippen molar-refractivity contribution < 1.29 is 9.90 Å². The van der Waals surface area contributed by atoms with Crippen LogP contribution in [0.3, 0.4) is 0 Å². The lowest BCUT2D eigenvalue weighted by Crippen LogP contribution is -2.67. The largest absolute Gasteiger partial charge is 0.386 e. The second kappa shape index (κ2) is 3.27. The van der Waals surface area contributed by atoms with E-state index in [2.05, 4.69) is 0 Å². The maximum Gasteiger partial charge on any atom is 0.239 e. The van der Waals surface area contributed by atoms with E-state index in [0.717, 1.165) is 0 Å². The van der Waals surface area contributed by atoms with Crippen molar-refractivity contribution in [1.82, 2.24) is 4.90 Å². The number of aliphatic hydroxyl groups is 1. The minimum absolute atomic E-state index is 0.0784. The lowest BCUT2D eigenvalue weighted by molar-refractivity contribution is -0.164. The van der Waals surface area contributed by atoms with Crippen LogP contribution in [0.25, 0.3) is 0 Å². The summed E-state index contributed by atoms with van der Waals surface area (Å²) in [6, 6.07) is -0.461.